The van der Waals surface area contributed by atoms with E-state index in [0.717, 1.165) is 51.0 Å². The zero-order valence-electron chi connectivity index (χ0n) is 21.1. The van der Waals surface area contributed by atoms with Crippen molar-refractivity contribution in [3.05, 3.63) is 87.6 Å². The van der Waals surface area contributed by atoms with Gasteiger partial charge in [0.2, 0.25) is 0 Å². The predicted molar refractivity (Wildman–Crippen MR) is 140 cm³/mol. The highest BCUT2D eigenvalue weighted by atomic mass is 16.6. The Kier molecular flexibility index (Phi) is 6.87. The summed E-state index contributed by atoms with van der Waals surface area (Å²) in [5.41, 5.74) is 7.87. The van der Waals surface area contributed by atoms with Crippen LogP contribution in [0.3, 0.4) is 0 Å². The number of nitrogens with zero attached hydrogens (tertiary/aromatic N) is 3. The molecule has 2 aromatic rings. The number of amides is 1. The van der Waals surface area contributed by atoms with E-state index in [1.54, 1.807) is 0 Å². The molecule has 1 fully saturated rings. The monoisotopic (exact) mass is 469 g/mol. The lowest BCUT2D eigenvalue weighted by Crippen LogP contribution is -2.40. The maximum absolute atomic E-state index is 12.2. The summed E-state index contributed by atoms with van der Waals surface area (Å²) in [4.78, 5) is 21.2. The number of likely N-dealkylation sites (tertiary alicyclic amines) is 1. The summed E-state index contributed by atoms with van der Waals surface area (Å²) < 4.78 is 5.24. The highest BCUT2D eigenvalue weighted by molar-refractivity contribution is 5.75. The quantitative estimate of drug-likeness (QED) is 0.688. The molecule has 0 N–H and O–H groups in total. The van der Waals surface area contributed by atoms with Crippen LogP contribution >= 0.6 is 0 Å². The summed E-state index contributed by atoms with van der Waals surface area (Å²) in [6.07, 6.45) is 12.4. The topological polar surface area (TPSA) is 45.7 Å². The number of fused-ring (bicyclic) bond motifs is 2. The first-order valence-corrected chi connectivity index (χ1v) is 12.8. The molecule has 1 aromatic carbocycles. The van der Waals surface area contributed by atoms with E-state index in [4.69, 9.17) is 9.72 Å². The number of carbonyl (C=O) groups is 1. The molecule has 0 bridgehead atoms. The average Bonchev–Trinajstić information content (AvgIpc) is 3.25. The van der Waals surface area contributed by atoms with Gasteiger partial charge in [-0.2, -0.15) is 0 Å². The minimum Gasteiger partial charge on any atom is -0.450 e. The Morgan fingerprint density at radius 2 is 1.91 bits per heavy atom. The summed E-state index contributed by atoms with van der Waals surface area (Å²) in [6.45, 7) is 4.69. The van der Waals surface area contributed by atoms with Crippen molar-refractivity contribution in [2.75, 3.05) is 40.3 Å². The van der Waals surface area contributed by atoms with Gasteiger partial charge in [0.25, 0.3) is 0 Å². The van der Waals surface area contributed by atoms with Crippen molar-refractivity contribution in [2.24, 2.45) is 5.92 Å². The van der Waals surface area contributed by atoms with Crippen LogP contribution in [0.25, 0.3) is 11.1 Å². The molecule has 1 aromatic heterocycles. The molecule has 3 aliphatic rings. The van der Waals surface area contributed by atoms with Gasteiger partial charge in [-0.1, -0.05) is 36.4 Å². The molecule has 35 heavy (non-hydrogen) atoms. The van der Waals surface area contributed by atoms with Crippen LogP contribution in [0.15, 0.2) is 60.3 Å². The van der Waals surface area contributed by atoms with E-state index < -0.39 is 0 Å². The summed E-state index contributed by atoms with van der Waals surface area (Å²) in [5.74, 6) is 0.377. The number of hydrogen-bond donors (Lipinski definition) is 0. The summed E-state index contributed by atoms with van der Waals surface area (Å²) in [7, 11) is 4.21. The normalized spacial score (nSPS) is 19.4. The summed E-state index contributed by atoms with van der Waals surface area (Å²) in [5, 5.41) is 2.62. The molecule has 2 heterocycles. The van der Waals surface area contributed by atoms with Crippen LogP contribution in [-0.4, -0.2) is 61.2 Å². The average molecular weight is 470 g/mol. The molecular formula is C30H35N3O2. The molecule has 2 aliphatic carbocycles. The molecule has 0 unspecified atom stereocenters. The lowest BCUT2D eigenvalue weighted by atomic mass is 9.84. The fraction of sp³-hybridized carbons (Fsp3) is 0.400. The van der Waals surface area contributed by atoms with Crippen molar-refractivity contribution in [1.29, 1.82) is 0 Å². The van der Waals surface area contributed by atoms with Crippen molar-refractivity contribution in [2.45, 2.75) is 32.6 Å². The van der Waals surface area contributed by atoms with Crippen LogP contribution in [-0.2, 0) is 17.6 Å². The number of pyridine rings is 1. The highest BCUT2D eigenvalue weighted by Crippen LogP contribution is 2.32. The second-order valence-corrected chi connectivity index (χ2v) is 10.0. The third-order valence-corrected chi connectivity index (χ3v) is 7.28. The third-order valence-electron chi connectivity index (χ3n) is 7.28. The standard InChI is InChI=1S/C30H35N3O2/c1-4-35-30(34)33-16-13-22(14-17-33)28-27-12-11-25(24-8-7-21(18-24)20-32(2)3)19-26(27)10-9-23-6-5-15-31-29(23)28/h5-8,11-12,15,18-19,22H,4,9-10,13-14,16-17,20H2,1-3H3/b25-24-. The molecule has 1 amide bonds. The zero-order valence-corrected chi connectivity index (χ0v) is 21.1. The Labute approximate surface area is 208 Å². The van der Waals surface area contributed by atoms with Gasteiger partial charge in [0.15, 0.2) is 0 Å². The molecule has 5 rings (SSSR count). The number of rotatable bonds is 4. The van der Waals surface area contributed by atoms with E-state index in [2.05, 4.69) is 67.6 Å². The van der Waals surface area contributed by atoms with E-state index in [-0.39, 0.29) is 6.09 Å². The van der Waals surface area contributed by atoms with Gasteiger partial charge < -0.3 is 14.5 Å². The minimum atomic E-state index is -0.191. The van der Waals surface area contributed by atoms with Crippen LogP contribution in [0.2, 0.25) is 0 Å². The van der Waals surface area contributed by atoms with Crippen molar-refractivity contribution >= 4 is 17.2 Å². The van der Waals surface area contributed by atoms with Gasteiger partial charge in [-0.15, -0.1) is 0 Å². The van der Waals surface area contributed by atoms with Crippen molar-refractivity contribution in [1.82, 2.24) is 14.8 Å². The van der Waals surface area contributed by atoms with Crippen LogP contribution in [0.5, 0.6) is 0 Å². The number of ether oxygens (including phenoxy) is 1. The van der Waals surface area contributed by atoms with Gasteiger partial charge in [-0.25, -0.2) is 4.79 Å². The van der Waals surface area contributed by atoms with Gasteiger partial charge in [-0.05, 0) is 103 Å². The SMILES string of the molecule is CCOC(=O)N1CCC(C2=c3cc/c(=C4\C=CC(CN(C)C)=C4)cc3CCc3cccnc32)CC1. The van der Waals surface area contributed by atoms with E-state index in [9.17, 15) is 4.79 Å². The Morgan fingerprint density at radius 3 is 2.69 bits per heavy atom. The van der Waals surface area contributed by atoms with Gasteiger partial charge in [-0.3, -0.25) is 4.98 Å². The largest absolute Gasteiger partial charge is 0.450 e. The molecule has 5 nitrogen and oxygen atoms in total. The number of hydrogen-bond acceptors (Lipinski definition) is 4. The van der Waals surface area contributed by atoms with Crippen molar-refractivity contribution < 1.29 is 9.53 Å². The molecule has 0 radical (unpaired) electrons. The number of benzene rings is 1. The maximum Gasteiger partial charge on any atom is 0.409 e. The zero-order chi connectivity index (χ0) is 24.4. The van der Waals surface area contributed by atoms with Gasteiger partial charge in [0.05, 0.1) is 12.3 Å². The first kappa shape index (κ1) is 23.6. The molecule has 0 spiro atoms. The lowest BCUT2D eigenvalue weighted by molar-refractivity contribution is 0.0958. The molecule has 182 valence electrons. The van der Waals surface area contributed by atoms with Gasteiger partial charge >= 0.3 is 6.09 Å². The van der Waals surface area contributed by atoms with Crippen LogP contribution in [0, 0.1) is 5.92 Å². The minimum absolute atomic E-state index is 0.191. The lowest BCUT2D eigenvalue weighted by Gasteiger charge is -2.32. The number of aromatic nitrogens is 1. The van der Waals surface area contributed by atoms with Crippen molar-refractivity contribution in [3.63, 3.8) is 0 Å². The third kappa shape index (κ3) is 4.96. The predicted octanol–water partition coefficient (Wildman–Crippen LogP) is 3.46. The van der Waals surface area contributed by atoms with Crippen LogP contribution in [0.1, 0.15) is 36.6 Å². The van der Waals surface area contributed by atoms with Gasteiger partial charge in [0.1, 0.15) is 0 Å². The molecule has 0 atom stereocenters. The number of carbonyl (C=O) groups excluding carboxylic acids is 1. The van der Waals surface area contributed by atoms with E-state index >= 15 is 0 Å². The Morgan fingerprint density at radius 1 is 1.11 bits per heavy atom. The summed E-state index contributed by atoms with van der Waals surface area (Å²) in [6, 6.07) is 11.3. The molecule has 0 saturated carbocycles. The highest BCUT2D eigenvalue weighted by Gasteiger charge is 2.29. The van der Waals surface area contributed by atoms with Gasteiger partial charge in [0, 0.05) is 25.8 Å². The van der Waals surface area contributed by atoms with E-state index in [0.29, 0.717) is 12.5 Å². The Balaban J connectivity index is 1.55. The molecule has 1 saturated heterocycles. The first-order valence-electron chi connectivity index (χ1n) is 12.8. The molecule has 1 aliphatic heterocycles. The fourth-order valence-electron chi connectivity index (χ4n) is 5.64. The molecular weight excluding hydrogens is 434 g/mol. The molecule has 5 heteroatoms. The van der Waals surface area contributed by atoms with E-state index in [1.165, 1.54) is 38.3 Å². The van der Waals surface area contributed by atoms with Crippen LogP contribution in [0.4, 0.5) is 4.79 Å². The Hall–Kier alpha value is -3.18. The van der Waals surface area contributed by atoms with Crippen LogP contribution < -0.4 is 10.4 Å². The Bertz CT molecular complexity index is 1300. The number of likely N-dealkylation sites (N-methyl/N-ethyl adjacent to an activating group) is 1. The van der Waals surface area contributed by atoms with E-state index in [1.807, 2.05) is 18.0 Å². The number of aryl methyl sites for hydroxylation is 2. The number of allylic oxidation sites excluding steroid dienone is 2. The number of piperidine rings is 1. The fourth-order valence-corrected chi connectivity index (χ4v) is 5.64. The maximum atomic E-state index is 12.2. The summed E-state index contributed by atoms with van der Waals surface area (Å²) >= 11 is 0. The second-order valence-electron chi connectivity index (χ2n) is 10.0. The van der Waals surface area contributed by atoms with Crippen molar-refractivity contribution in [3.8, 4) is 0 Å². The smallest absolute Gasteiger partial charge is 0.409 e. The second kappa shape index (κ2) is 10.2. The first-order chi connectivity index (χ1) is 17.0.